The Hall–Kier alpha value is -1.74. The second-order valence-corrected chi connectivity index (χ2v) is 2.65. The predicted octanol–water partition coefficient (Wildman–Crippen LogP) is 1.24. The van der Waals surface area contributed by atoms with Crippen LogP contribution in [0.5, 0.6) is 0 Å². The Morgan fingerprint density at radius 1 is 0.875 bits per heavy atom. The number of ether oxygens (including phenoxy) is 2. The summed E-state index contributed by atoms with van der Waals surface area (Å²) in [5, 5.41) is -1.64. The fourth-order valence-corrected chi connectivity index (χ4v) is 1.03. The number of hydrogen-bond acceptors (Lipinski definition) is 4. The van der Waals surface area contributed by atoms with Crippen molar-refractivity contribution in [2.24, 2.45) is 0 Å². The van der Waals surface area contributed by atoms with E-state index < -0.39 is 34.3 Å². The highest BCUT2D eigenvalue weighted by Crippen LogP contribution is 2.51. The lowest BCUT2D eigenvalue weighted by Crippen LogP contribution is -2.82. The molecule has 16 heavy (non-hydrogen) atoms. The summed E-state index contributed by atoms with van der Waals surface area (Å²) in [6.07, 6.45) is -3.61. The van der Waals surface area contributed by atoms with Crippen LogP contribution < -0.4 is 0 Å². The molecule has 0 saturated carbocycles. The number of halogens is 4. The molecule has 1 aliphatic rings. The minimum absolute atomic E-state index is 0.699. The van der Waals surface area contributed by atoms with Gasteiger partial charge in [0.25, 0.3) is 0 Å². The first-order chi connectivity index (χ1) is 7.21. The number of carbonyl (C=O) groups is 2. The van der Waals surface area contributed by atoms with Crippen molar-refractivity contribution in [1.29, 1.82) is 0 Å². The quantitative estimate of drug-likeness (QED) is 0.476. The number of carbonyl (C=O) groups excluding carboxylic acids is 2. The van der Waals surface area contributed by atoms with Crippen molar-refractivity contribution in [1.82, 2.24) is 10.0 Å². The molecular weight excluding hydrogens is 240 g/mol. The molecular formula is C6H6F4N2O4. The molecule has 0 bridgehead atoms. The van der Waals surface area contributed by atoms with Crippen LogP contribution >= 0.6 is 0 Å². The molecule has 0 radical (unpaired) electrons. The number of rotatable bonds is 0. The maximum absolute atomic E-state index is 12.8. The molecule has 1 aliphatic heterocycles. The van der Waals surface area contributed by atoms with Crippen LogP contribution in [0.4, 0.5) is 27.2 Å². The Kier molecular flexibility index (Phi) is 2.61. The van der Waals surface area contributed by atoms with E-state index in [4.69, 9.17) is 0 Å². The van der Waals surface area contributed by atoms with Crippen LogP contribution in [0, 0.1) is 0 Å². The zero-order valence-electron chi connectivity index (χ0n) is 8.04. The van der Waals surface area contributed by atoms with Crippen LogP contribution in [0.1, 0.15) is 0 Å². The zero-order chi connectivity index (χ0) is 12.7. The fraction of sp³-hybridized carbons (Fsp3) is 0.667. The summed E-state index contributed by atoms with van der Waals surface area (Å²) in [5.74, 6) is 0. The van der Waals surface area contributed by atoms with Crippen molar-refractivity contribution < 1.29 is 36.6 Å². The van der Waals surface area contributed by atoms with E-state index in [0.717, 1.165) is 0 Å². The second-order valence-electron chi connectivity index (χ2n) is 2.65. The van der Waals surface area contributed by atoms with Gasteiger partial charge < -0.3 is 9.47 Å². The molecule has 1 fully saturated rings. The summed E-state index contributed by atoms with van der Waals surface area (Å²) in [6.45, 7) is 0. The van der Waals surface area contributed by atoms with E-state index in [0.29, 0.717) is 14.2 Å². The largest absolute Gasteiger partial charge is 0.451 e. The van der Waals surface area contributed by atoms with Crippen molar-refractivity contribution >= 4 is 12.2 Å². The molecule has 0 unspecified atom stereocenters. The lowest BCUT2D eigenvalue weighted by molar-refractivity contribution is -0.471. The predicted molar refractivity (Wildman–Crippen MR) is 38.4 cm³/mol. The fourth-order valence-electron chi connectivity index (χ4n) is 1.03. The van der Waals surface area contributed by atoms with Gasteiger partial charge in [-0.15, -0.1) is 10.0 Å². The molecule has 0 aromatic heterocycles. The first kappa shape index (κ1) is 12.3. The smallest absolute Gasteiger partial charge is 0.434 e. The van der Waals surface area contributed by atoms with Gasteiger partial charge in [-0.25, -0.2) is 9.59 Å². The van der Waals surface area contributed by atoms with Gasteiger partial charge in [0, 0.05) is 0 Å². The third-order valence-corrected chi connectivity index (χ3v) is 1.79. The Morgan fingerprint density at radius 3 is 1.31 bits per heavy atom. The van der Waals surface area contributed by atoms with Gasteiger partial charge in [-0.05, 0) is 0 Å². The lowest BCUT2D eigenvalue weighted by Gasteiger charge is -2.51. The van der Waals surface area contributed by atoms with Crippen molar-refractivity contribution in [2.75, 3.05) is 14.2 Å². The summed E-state index contributed by atoms with van der Waals surface area (Å²) in [7, 11) is 1.40. The monoisotopic (exact) mass is 246 g/mol. The van der Waals surface area contributed by atoms with Gasteiger partial charge in [-0.3, -0.25) is 0 Å². The molecule has 0 aromatic carbocycles. The summed E-state index contributed by atoms with van der Waals surface area (Å²) < 4.78 is 58.8. The number of hydrogen-bond donors (Lipinski definition) is 0. The van der Waals surface area contributed by atoms with Crippen LogP contribution in [0.25, 0.3) is 0 Å². The van der Waals surface area contributed by atoms with E-state index in [1.165, 1.54) is 0 Å². The summed E-state index contributed by atoms with van der Waals surface area (Å²) in [4.78, 5) is 21.5. The number of nitrogens with zero attached hydrogens (tertiary/aromatic N) is 2. The van der Waals surface area contributed by atoms with Gasteiger partial charge in [0.15, 0.2) is 0 Å². The highest BCUT2D eigenvalue weighted by Gasteiger charge is 2.82. The Labute approximate surface area is 86.3 Å². The molecule has 10 heteroatoms. The summed E-state index contributed by atoms with van der Waals surface area (Å²) in [5.41, 5.74) is 0. The molecule has 0 N–H and O–H groups in total. The van der Waals surface area contributed by atoms with Gasteiger partial charge in [0.1, 0.15) is 0 Å². The lowest BCUT2D eigenvalue weighted by atomic mass is 10.3. The molecule has 0 atom stereocenters. The van der Waals surface area contributed by atoms with E-state index >= 15 is 0 Å². The molecule has 0 spiro atoms. The van der Waals surface area contributed by atoms with Gasteiger partial charge in [0.2, 0.25) is 0 Å². The van der Waals surface area contributed by atoms with Gasteiger partial charge in [0.05, 0.1) is 14.2 Å². The highest BCUT2D eigenvalue weighted by atomic mass is 19.3. The maximum atomic E-state index is 12.8. The number of alkyl halides is 4. The Balaban J connectivity index is 3.06. The van der Waals surface area contributed by atoms with E-state index in [9.17, 15) is 27.2 Å². The first-order valence-corrected chi connectivity index (χ1v) is 3.73. The molecule has 0 aromatic rings. The minimum atomic E-state index is -4.84. The molecule has 1 rings (SSSR count). The standard InChI is InChI=1S/C6H6F4N2O4/c1-15-3(13)11-5(7,8)6(9,10)12(11)4(14)16-2/h1-2H3. The topological polar surface area (TPSA) is 59.1 Å². The normalized spacial score (nSPS) is 21.1. The third-order valence-electron chi connectivity index (χ3n) is 1.79. The summed E-state index contributed by atoms with van der Waals surface area (Å²) >= 11 is 0. The van der Waals surface area contributed by atoms with Gasteiger partial charge in [-0.2, -0.15) is 17.6 Å². The van der Waals surface area contributed by atoms with Crippen LogP contribution in [0.3, 0.4) is 0 Å². The average molecular weight is 246 g/mol. The van der Waals surface area contributed by atoms with E-state index in [-0.39, 0.29) is 0 Å². The summed E-state index contributed by atoms with van der Waals surface area (Å²) in [6, 6.07) is -9.68. The Morgan fingerprint density at radius 2 is 1.12 bits per heavy atom. The maximum Gasteiger partial charge on any atom is 0.434 e. The SMILES string of the molecule is COC(=O)N1N(C(=O)OC)C(F)(F)C1(F)F. The minimum Gasteiger partial charge on any atom is -0.451 e. The van der Waals surface area contributed by atoms with E-state index in [1.807, 2.05) is 0 Å². The average Bonchev–Trinajstić information content (AvgIpc) is 2.22. The van der Waals surface area contributed by atoms with Gasteiger partial charge in [-0.1, -0.05) is 0 Å². The van der Waals surface area contributed by atoms with Crippen LogP contribution in [0.15, 0.2) is 0 Å². The highest BCUT2D eigenvalue weighted by molar-refractivity contribution is 5.77. The molecule has 6 nitrogen and oxygen atoms in total. The number of methoxy groups -OCH3 is 2. The molecule has 2 amide bonds. The van der Waals surface area contributed by atoms with E-state index in [1.54, 1.807) is 0 Å². The molecule has 1 saturated heterocycles. The molecule has 1 heterocycles. The van der Waals surface area contributed by atoms with Crippen molar-refractivity contribution in [3.8, 4) is 0 Å². The van der Waals surface area contributed by atoms with Crippen molar-refractivity contribution in [2.45, 2.75) is 12.1 Å². The molecule has 0 aliphatic carbocycles. The van der Waals surface area contributed by atoms with Gasteiger partial charge >= 0.3 is 24.3 Å². The van der Waals surface area contributed by atoms with E-state index in [2.05, 4.69) is 9.47 Å². The second kappa shape index (κ2) is 3.39. The van der Waals surface area contributed by atoms with Crippen molar-refractivity contribution in [3.05, 3.63) is 0 Å². The molecule has 92 valence electrons. The van der Waals surface area contributed by atoms with Crippen LogP contribution in [0.2, 0.25) is 0 Å². The van der Waals surface area contributed by atoms with Crippen molar-refractivity contribution in [3.63, 3.8) is 0 Å². The zero-order valence-corrected chi connectivity index (χ0v) is 8.04. The van der Waals surface area contributed by atoms with Crippen LogP contribution in [-0.4, -0.2) is 48.5 Å². The first-order valence-electron chi connectivity index (χ1n) is 3.73. The number of amides is 2. The Bertz CT molecular complexity index is 302. The number of hydrazine groups is 1. The van der Waals surface area contributed by atoms with Crippen LogP contribution in [-0.2, 0) is 9.47 Å². The third kappa shape index (κ3) is 1.25.